The van der Waals surface area contributed by atoms with Crippen molar-refractivity contribution in [1.29, 1.82) is 0 Å². The second kappa shape index (κ2) is 8.34. The quantitative estimate of drug-likeness (QED) is 0.560. The fourth-order valence-corrected chi connectivity index (χ4v) is 2.42. The van der Waals surface area contributed by atoms with Crippen molar-refractivity contribution in [3.8, 4) is 11.6 Å². The molecule has 0 saturated heterocycles. The van der Waals surface area contributed by atoms with Crippen LogP contribution in [0.4, 0.5) is 15.9 Å². The number of hydrogen-bond acceptors (Lipinski definition) is 6. The minimum atomic E-state index is -0.664. The monoisotopic (exact) mass is 381 g/mol. The number of carbonyl (C=O) groups excluding carboxylic acids is 1. The van der Waals surface area contributed by atoms with Gasteiger partial charge in [-0.3, -0.25) is 15.6 Å². The van der Waals surface area contributed by atoms with Crippen LogP contribution in [-0.4, -0.2) is 15.9 Å². The van der Waals surface area contributed by atoms with E-state index in [0.717, 1.165) is 0 Å². The highest BCUT2D eigenvalue weighted by Crippen LogP contribution is 2.29. The lowest BCUT2D eigenvalue weighted by atomic mass is 10.0. The number of carbonyl (C=O) groups is 1. The van der Waals surface area contributed by atoms with E-state index in [4.69, 9.17) is 10.5 Å². The summed E-state index contributed by atoms with van der Waals surface area (Å²) in [6.07, 6.45) is 1.24. The van der Waals surface area contributed by atoms with E-state index in [9.17, 15) is 9.18 Å². The summed E-state index contributed by atoms with van der Waals surface area (Å²) in [4.78, 5) is 20.1. The van der Waals surface area contributed by atoms with Gasteiger partial charge in [0.2, 0.25) is 5.88 Å². The van der Waals surface area contributed by atoms with Crippen LogP contribution in [0.15, 0.2) is 54.9 Å². The highest BCUT2D eigenvalue weighted by molar-refractivity contribution is 5.95. The van der Waals surface area contributed by atoms with Gasteiger partial charge in [-0.2, -0.15) is 4.98 Å². The van der Waals surface area contributed by atoms with Crippen LogP contribution in [0.3, 0.4) is 0 Å². The molecule has 0 radical (unpaired) electrons. The molecular formula is C20H20FN5O2. The van der Waals surface area contributed by atoms with Crippen molar-refractivity contribution < 1.29 is 13.9 Å². The predicted molar refractivity (Wildman–Crippen MR) is 105 cm³/mol. The molecule has 1 aromatic heterocycles. The second-order valence-corrected chi connectivity index (χ2v) is 6.33. The van der Waals surface area contributed by atoms with E-state index in [2.05, 4.69) is 34.7 Å². The minimum Gasteiger partial charge on any atom is -0.437 e. The number of benzene rings is 2. The number of anilines is 2. The number of ether oxygens (including phenoxy) is 1. The third-order valence-electron chi connectivity index (χ3n) is 4.02. The van der Waals surface area contributed by atoms with Crippen molar-refractivity contribution in [1.82, 2.24) is 15.4 Å². The Bertz CT molecular complexity index is 977. The molecule has 0 aliphatic carbocycles. The lowest BCUT2D eigenvalue weighted by Gasteiger charge is -2.13. The molecule has 0 aliphatic heterocycles. The first kappa shape index (κ1) is 19.1. The Kier molecular flexibility index (Phi) is 5.69. The van der Waals surface area contributed by atoms with Gasteiger partial charge in [-0.15, -0.1) is 0 Å². The average Bonchev–Trinajstić information content (AvgIpc) is 2.69. The molecule has 4 N–H and O–H groups in total. The van der Waals surface area contributed by atoms with Gasteiger partial charge in [-0.05, 0) is 35.7 Å². The maximum Gasteiger partial charge on any atom is 0.272 e. The molecule has 2 aromatic carbocycles. The third kappa shape index (κ3) is 4.35. The van der Waals surface area contributed by atoms with Crippen molar-refractivity contribution in [2.75, 3.05) is 11.2 Å². The number of nitrogens with zero attached hydrogens (tertiary/aromatic N) is 2. The zero-order valence-electron chi connectivity index (χ0n) is 15.4. The first-order valence-corrected chi connectivity index (χ1v) is 8.65. The molecule has 3 rings (SSSR count). The van der Waals surface area contributed by atoms with Gasteiger partial charge in [0.25, 0.3) is 5.91 Å². The van der Waals surface area contributed by atoms with Crippen LogP contribution in [0.1, 0.15) is 35.7 Å². The number of rotatable bonds is 6. The fourth-order valence-electron chi connectivity index (χ4n) is 2.42. The highest BCUT2D eigenvalue weighted by Gasteiger charge is 2.14. The van der Waals surface area contributed by atoms with Crippen LogP contribution in [0.25, 0.3) is 0 Å². The number of hydrazine groups is 1. The highest BCUT2D eigenvalue weighted by atomic mass is 19.1. The van der Waals surface area contributed by atoms with Gasteiger partial charge in [-0.25, -0.2) is 9.37 Å². The molecule has 0 fully saturated rings. The van der Waals surface area contributed by atoms with Crippen LogP contribution in [0.5, 0.6) is 11.6 Å². The largest absolute Gasteiger partial charge is 0.437 e. The van der Waals surface area contributed by atoms with Crippen LogP contribution in [-0.2, 0) is 0 Å². The van der Waals surface area contributed by atoms with Crippen molar-refractivity contribution >= 4 is 17.4 Å². The van der Waals surface area contributed by atoms with Gasteiger partial charge in [0.05, 0.1) is 5.56 Å². The maximum atomic E-state index is 13.7. The molecule has 1 heterocycles. The topological polar surface area (TPSA) is 102 Å². The van der Waals surface area contributed by atoms with Gasteiger partial charge in [-0.1, -0.05) is 38.1 Å². The second-order valence-electron chi connectivity index (χ2n) is 6.33. The van der Waals surface area contributed by atoms with Crippen LogP contribution < -0.4 is 21.3 Å². The molecule has 8 heteroatoms. The van der Waals surface area contributed by atoms with Crippen LogP contribution >= 0.6 is 0 Å². The molecule has 144 valence electrons. The molecule has 0 bridgehead atoms. The number of nitrogens with two attached hydrogens (primary N) is 1. The zero-order chi connectivity index (χ0) is 20.1. The standard InChI is InChI=1S/C20H20FN5O2/c1-12(2)13-7-9-14(10-8-13)28-20-17(22)18(23-11-24-20)25-26-19(27)15-5-3-4-6-16(15)21/h3-12H,22H2,1-2H3,(H,26,27)(H,23,24,25). The summed E-state index contributed by atoms with van der Waals surface area (Å²) < 4.78 is 19.4. The van der Waals surface area contributed by atoms with Crippen molar-refractivity contribution in [3.63, 3.8) is 0 Å². The summed E-state index contributed by atoms with van der Waals surface area (Å²) in [6.45, 7) is 4.21. The van der Waals surface area contributed by atoms with E-state index < -0.39 is 11.7 Å². The molecule has 0 aliphatic rings. The van der Waals surface area contributed by atoms with E-state index >= 15 is 0 Å². The third-order valence-corrected chi connectivity index (χ3v) is 4.02. The number of nitrogens with one attached hydrogen (secondary N) is 2. The Balaban J connectivity index is 1.70. The minimum absolute atomic E-state index is 0.101. The summed E-state index contributed by atoms with van der Waals surface area (Å²) >= 11 is 0. The van der Waals surface area contributed by atoms with Gasteiger partial charge in [0, 0.05) is 0 Å². The molecule has 0 saturated carbocycles. The number of aromatic nitrogens is 2. The molecule has 3 aromatic rings. The van der Waals surface area contributed by atoms with Gasteiger partial charge in [0.15, 0.2) is 5.82 Å². The van der Waals surface area contributed by atoms with Crippen molar-refractivity contribution in [2.45, 2.75) is 19.8 Å². The van der Waals surface area contributed by atoms with E-state index in [0.29, 0.717) is 11.7 Å². The molecule has 0 atom stereocenters. The molecule has 1 amide bonds. The Labute approximate surface area is 161 Å². The normalized spacial score (nSPS) is 10.6. The molecular weight excluding hydrogens is 361 g/mol. The molecule has 7 nitrogen and oxygen atoms in total. The summed E-state index contributed by atoms with van der Waals surface area (Å²) in [5.74, 6) is -0.0548. The number of nitrogen functional groups attached to an aromatic ring is 1. The van der Waals surface area contributed by atoms with E-state index in [-0.39, 0.29) is 22.9 Å². The zero-order valence-corrected chi connectivity index (χ0v) is 15.4. The lowest BCUT2D eigenvalue weighted by Crippen LogP contribution is -2.31. The van der Waals surface area contributed by atoms with Gasteiger partial charge in [0.1, 0.15) is 23.6 Å². The van der Waals surface area contributed by atoms with Crippen molar-refractivity contribution in [3.05, 3.63) is 71.8 Å². The summed E-state index contributed by atoms with van der Waals surface area (Å²) in [7, 11) is 0. The SMILES string of the molecule is CC(C)c1ccc(Oc2ncnc(NNC(=O)c3ccccc3F)c2N)cc1. The molecule has 0 unspecified atom stereocenters. The van der Waals surface area contributed by atoms with Crippen LogP contribution in [0.2, 0.25) is 0 Å². The average molecular weight is 381 g/mol. The number of halogens is 1. The summed E-state index contributed by atoms with van der Waals surface area (Å²) in [6, 6.07) is 13.2. The fraction of sp³-hybridized carbons (Fsp3) is 0.150. The predicted octanol–water partition coefficient (Wildman–Crippen LogP) is 3.87. The Hall–Kier alpha value is -3.68. The first-order chi connectivity index (χ1) is 13.5. The van der Waals surface area contributed by atoms with E-state index in [1.54, 1.807) is 6.07 Å². The summed E-state index contributed by atoms with van der Waals surface area (Å²) in [5.41, 5.74) is 12.1. The number of amides is 1. The van der Waals surface area contributed by atoms with Crippen LogP contribution in [0, 0.1) is 5.82 Å². The molecule has 28 heavy (non-hydrogen) atoms. The Morgan fingerprint density at radius 1 is 1.11 bits per heavy atom. The van der Waals surface area contributed by atoms with Gasteiger partial charge >= 0.3 is 0 Å². The lowest BCUT2D eigenvalue weighted by molar-refractivity contribution is 0.0958. The summed E-state index contributed by atoms with van der Waals surface area (Å²) in [5, 5.41) is 0. The first-order valence-electron chi connectivity index (χ1n) is 8.65. The van der Waals surface area contributed by atoms with E-state index in [1.165, 1.54) is 30.1 Å². The van der Waals surface area contributed by atoms with E-state index in [1.807, 2.05) is 24.3 Å². The van der Waals surface area contributed by atoms with Gasteiger partial charge < -0.3 is 10.5 Å². The Morgan fingerprint density at radius 3 is 2.50 bits per heavy atom. The number of hydrogen-bond donors (Lipinski definition) is 3. The van der Waals surface area contributed by atoms with Crippen molar-refractivity contribution in [2.24, 2.45) is 0 Å². The smallest absolute Gasteiger partial charge is 0.272 e. The Morgan fingerprint density at radius 2 is 1.82 bits per heavy atom. The molecule has 0 spiro atoms. The maximum absolute atomic E-state index is 13.7.